The van der Waals surface area contributed by atoms with Gasteiger partial charge in [0.05, 0.1) is 22.0 Å². The zero-order valence-corrected chi connectivity index (χ0v) is 12.2. The average Bonchev–Trinajstić information content (AvgIpc) is 2.81. The molecule has 0 spiro atoms. The molecule has 1 unspecified atom stereocenters. The van der Waals surface area contributed by atoms with Crippen LogP contribution in [-0.4, -0.2) is 11.0 Å². The van der Waals surface area contributed by atoms with Crippen molar-refractivity contribution in [1.82, 2.24) is 0 Å². The number of benzene rings is 2. The summed E-state index contributed by atoms with van der Waals surface area (Å²) in [6, 6.07) is 9.80. The zero-order chi connectivity index (χ0) is 13.6. The summed E-state index contributed by atoms with van der Waals surface area (Å²) < 4.78 is 0. The van der Waals surface area contributed by atoms with Crippen LogP contribution >= 0.6 is 34.8 Å². The molecule has 1 aliphatic carbocycles. The minimum Gasteiger partial charge on any atom is -0.387 e. The molecule has 1 nitrogen and oxygen atoms in total. The normalized spacial score (nSPS) is 14.1. The molecule has 19 heavy (non-hydrogen) atoms. The molecule has 98 valence electrons. The van der Waals surface area contributed by atoms with Gasteiger partial charge in [0, 0.05) is 6.42 Å². The van der Waals surface area contributed by atoms with Crippen LogP contribution in [0.3, 0.4) is 0 Å². The third-order valence-electron chi connectivity index (χ3n) is 3.51. The highest BCUT2D eigenvalue weighted by molar-refractivity contribution is 6.43. The summed E-state index contributed by atoms with van der Waals surface area (Å²) in [5.41, 5.74) is 5.02. The van der Waals surface area contributed by atoms with E-state index < -0.39 is 6.10 Å². The fraction of sp³-hybridized carbons (Fsp3) is 0.200. The summed E-state index contributed by atoms with van der Waals surface area (Å²) in [6.07, 6.45) is 0.00346. The monoisotopic (exact) mass is 312 g/mol. The molecule has 0 fully saturated rings. The molecule has 1 N–H and O–H groups in total. The van der Waals surface area contributed by atoms with E-state index in [-0.39, 0.29) is 5.88 Å². The molecule has 0 amide bonds. The van der Waals surface area contributed by atoms with E-state index in [0.717, 1.165) is 28.7 Å². The second kappa shape index (κ2) is 4.99. The fourth-order valence-corrected chi connectivity index (χ4v) is 3.25. The standard InChI is InChI=1S/C15H11Cl3O/c16-7-13(19)10-6-12(17)15(18)11-5-8-3-1-2-4-9(8)14(10)11/h1-4,6,13,19H,5,7H2. The second-order valence-corrected chi connectivity index (χ2v) is 5.71. The SMILES string of the molecule is OC(CCl)c1cc(Cl)c(Cl)c2c1-c1ccccc1C2. The highest BCUT2D eigenvalue weighted by Gasteiger charge is 2.27. The number of fused-ring (bicyclic) bond motifs is 3. The van der Waals surface area contributed by atoms with E-state index in [1.54, 1.807) is 6.07 Å². The molecule has 1 aliphatic rings. The fourth-order valence-electron chi connectivity index (χ4n) is 2.64. The molecule has 4 heteroatoms. The van der Waals surface area contributed by atoms with Gasteiger partial charge in [0.2, 0.25) is 0 Å². The lowest BCUT2D eigenvalue weighted by atomic mass is 9.96. The van der Waals surface area contributed by atoms with Crippen molar-refractivity contribution >= 4 is 34.8 Å². The first kappa shape index (κ1) is 13.3. The topological polar surface area (TPSA) is 20.2 Å². The van der Waals surface area contributed by atoms with Crippen molar-refractivity contribution in [3.63, 3.8) is 0 Å². The van der Waals surface area contributed by atoms with E-state index in [0.29, 0.717) is 10.0 Å². The molecule has 0 saturated heterocycles. The van der Waals surface area contributed by atoms with Gasteiger partial charge >= 0.3 is 0 Å². The van der Waals surface area contributed by atoms with Crippen LogP contribution in [0.4, 0.5) is 0 Å². The van der Waals surface area contributed by atoms with Crippen LogP contribution in [0.1, 0.15) is 22.8 Å². The summed E-state index contributed by atoms with van der Waals surface area (Å²) in [7, 11) is 0. The van der Waals surface area contributed by atoms with Crippen LogP contribution in [0.2, 0.25) is 10.0 Å². The molecule has 0 radical (unpaired) electrons. The molecule has 0 aromatic heterocycles. The first-order valence-electron chi connectivity index (χ1n) is 5.96. The molecule has 3 rings (SSSR count). The lowest BCUT2D eigenvalue weighted by Gasteiger charge is -2.16. The van der Waals surface area contributed by atoms with Gasteiger partial charge in [-0.3, -0.25) is 0 Å². The quantitative estimate of drug-likeness (QED) is 0.671. The van der Waals surface area contributed by atoms with Crippen LogP contribution in [0.15, 0.2) is 30.3 Å². The Morgan fingerprint density at radius 3 is 2.68 bits per heavy atom. The molecule has 0 aliphatic heterocycles. The lowest BCUT2D eigenvalue weighted by molar-refractivity contribution is 0.203. The van der Waals surface area contributed by atoms with Gasteiger partial charge in [-0.25, -0.2) is 0 Å². The third-order valence-corrected chi connectivity index (χ3v) is 4.63. The maximum absolute atomic E-state index is 10.1. The first-order valence-corrected chi connectivity index (χ1v) is 7.25. The maximum atomic E-state index is 10.1. The smallest absolute Gasteiger partial charge is 0.0931 e. The van der Waals surface area contributed by atoms with Gasteiger partial charge in [-0.05, 0) is 33.9 Å². The predicted molar refractivity (Wildman–Crippen MR) is 80.4 cm³/mol. The van der Waals surface area contributed by atoms with Gasteiger partial charge in [0.25, 0.3) is 0 Å². The van der Waals surface area contributed by atoms with Gasteiger partial charge in [-0.15, -0.1) is 11.6 Å². The molecule has 0 saturated carbocycles. The van der Waals surface area contributed by atoms with Gasteiger partial charge in [0.15, 0.2) is 0 Å². The van der Waals surface area contributed by atoms with Crippen LogP contribution in [0, 0.1) is 0 Å². The molecule has 0 bridgehead atoms. The largest absolute Gasteiger partial charge is 0.387 e. The summed E-state index contributed by atoms with van der Waals surface area (Å²) >= 11 is 18.2. The van der Waals surface area contributed by atoms with Crippen molar-refractivity contribution in [1.29, 1.82) is 0 Å². The molecule has 1 atom stereocenters. The van der Waals surface area contributed by atoms with E-state index in [4.69, 9.17) is 34.8 Å². The number of hydrogen-bond acceptors (Lipinski definition) is 1. The Hall–Kier alpha value is -0.730. The predicted octanol–water partition coefficient (Wildman–Crippen LogP) is 4.84. The Morgan fingerprint density at radius 1 is 1.21 bits per heavy atom. The number of aliphatic hydroxyl groups is 1. The van der Waals surface area contributed by atoms with Crippen molar-refractivity contribution in [2.75, 3.05) is 5.88 Å². The Kier molecular flexibility index (Phi) is 3.48. The van der Waals surface area contributed by atoms with E-state index >= 15 is 0 Å². The summed E-state index contributed by atoms with van der Waals surface area (Å²) in [5.74, 6) is 0.132. The summed E-state index contributed by atoms with van der Waals surface area (Å²) in [5, 5.41) is 11.1. The Labute approximate surface area is 126 Å². The van der Waals surface area contributed by atoms with Crippen molar-refractivity contribution in [3.05, 3.63) is 57.1 Å². The minimum atomic E-state index is -0.740. The Morgan fingerprint density at radius 2 is 1.95 bits per heavy atom. The highest BCUT2D eigenvalue weighted by atomic mass is 35.5. The minimum absolute atomic E-state index is 0.132. The van der Waals surface area contributed by atoms with Gasteiger partial charge in [-0.1, -0.05) is 47.5 Å². The van der Waals surface area contributed by atoms with Crippen LogP contribution in [-0.2, 0) is 6.42 Å². The van der Waals surface area contributed by atoms with Crippen LogP contribution < -0.4 is 0 Å². The van der Waals surface area contributed by atoms with Crippen molar-refractivity contribution in [3.8, 4) is 11.1 Å². The van der Waals surface area contributed by atoms with Crippen molar-refractivity contribution < 1.29 is 5.11 Å². The number of rotatable bonds is 2. The molecule has 2 aromatic rings. The second-order valence-electron chi connectivity index (χ2n) is 4.62. The number of hydrogen-bond donors (Lipinski definition) is 1. The summed E-state index contributed by atoms with van der Waals surface area (Å²) in [6.45, 7) is 0. The number of aliphatic hydroxyl groups excluding tert-OH is 1. The Bertz CT molecular complexity index is 652. The van der Waals surface area contributed by atoms with Crippen molar-refractivity contribution in [2.45, 2.75) is 12.5 Å². The number of alkyl halides is 1. The van der Waals surface area contributed by atoms with E-state index in [1.165, 1.54) is 5.56 Å². The average molecular weight is 314 g/mol. The highest BCUT2D eigenvalue weighted by Crippen LogP contribution is 2.46. The lowest BCUT2D eigenvalue weighted by Crippen LogP contribution is -2.02. The molecular formula is C15H11Cl3O. The number of halogens is 3. The zero-order valence-electron chi connectivity index (χ0n) is 9.96. The van der Waals surface area contributed by atoms with Crippen molar-refractivity contribution in [2.24, 2.45) is 0 Å². The Balaban J connectivity index is 2.32. The summed E-state index contributed by atoms with van der Waals surface area (Å²) in [4.78, 5) is 0. The van der Waals surface area contributed by atoms with E-state index in [9.17, 15) is 5.11 Å². The van der Waals surface area contributed by atoms with Crippen LogP contribution in [0.25, 0.3) is 11.1 Å². The van der Waals surface area contributed by atoms with Gasteiger partial charge in [0.1, 0.15) is 0 Å². The van der Waals surface area contributed by atoms with E-state index in [2.05, 4.69) is 6.07 Å². The van der Waals surface area contributed by atoms with Crippen LogP contribution in [0.5, 0.6) is 0 Å². The molecular weight excluding hydrogens is 303 g/mol. The molecule has 2 aromatic carbocycles. The van der Waals surface area contributed by atoms with Gasteiger partial charge < -0.3 is 5.11 Å². The maximum Gasteiger partial charge on any atom is 0.0931 e. The van der Waals surface area contributed by atoms with Gasteiger partial charge in [-0.2, -0.15) is 0 Å². The van der Waals surface area contributed by atoms with E-state index in [1.807, 2.05) is 18.2 Å². The first-order chi connectivity index (χ1) is 9.13. The third kappa shape index (κ3) is 2.05. The molecule has 0 heterocycles.